The summed E-state index contributed by atoms with van der Waals surface area (Å²) in [5, 5.41) is 3.68. The van der Waals surface area contributed by atoms with Crippen LogP contribution in [0.3, 0.4) is 0 Å². The second-order valence-corrected chi connectivity index (χ2v) is 5.95. The number of benzene rings is 1. The van der Waals surface area contributed by atoms with E-state index in [0.717, 1.165) is 0 Å². The van der Waals surface area contributed by atoms with Crippen LogP contribution in [0.25, 0.3) is 0 Å². The number of nitrogens with one attached hydrogen (secondary N) is 1. The van der Waals surface area contributed by atoms with Crippen LogP contribution in [0.5, 0.6) is 0 Å². The first-order valence-corrected chi connectivity index (χ1v) is 7.82. The van der Waals surface area contributed by atoms with Crippen molar-refractivity contribution in [2.45, 2.75) is 38.6 Å². The highest BCUT2D eigenvalue weighted by atomic mass is 79.9. The number of nitrogens with zero attached hydrogens (tertiary/aromatic N) is 1. The number of para-hydroxylation sites is 1. The van der Waals surface area contributed by atoms with Gasteiger partial charge in [0.05, 0.1) is 0 Å². The molecule has 3 heteroatoms. The molecular weight excluding hydrogens is 288 g/mol. The van der Waals surface area contributed by atoms with Gasteiger partial charge in [-0.05, 0) is 66.8 Å². The van der Waals surface area contributed by atoms with E-state index in [2.05, 4.69) is 57.3 Å². The molecule has 1 unspecified atom stereocenters. The van der Waals surface area contributed by atoms with Gasteiger partial charge in [0.1, 0.15) is 0 Å². The van der Waals surface area contributed by atoms with Crippen LogP contribution in [0.4, 0.5) is 5.69 Å². The van der Waals surface area contributed by atoms with Crippen molar-refractivity contribution < 1.29 is 0 Å². The lowest BCUT2D eigenvalue weighted by Crippen LogP contribution is -2.27. The summed E-state index contributed by atoms with van der Waals surface area (Å²) >= 11 is 3.61. The van der Waals surface area contributed by atoms with E-state index in [1.807, 2.05) is 0 Å². The molecule has 0 saturated carbocycles. The third-order valence-corrected chi connectivity index (χ3v) is 4.29. The van der Waals surface area contributed by atoms with E-state index in [9.17, 15) is 0 Å². The number of halogens is 1. The van der Waals surface area contributed by atoms with Gasteiger partial charge in [0.15, 0.2) is 0 Å². The van der Waals surface area contributed by atoms with Crippen LogP contribution in [-0.4, -0.2) is 30.6 Å². The first-order valence-electron chi connectivity index (χ1n) is 7.03. The van der Waals surface area contributed by atoms with Crippen LogP contribution < -0.4 is 5.32 Å². The number of hydrogen-bond acceptors (Lipinski definition) is 2. The second kappa shape index (κ2) is 7.15. The zero-order chi connectivity index (χ0) is 12.8. The summed E-state index contributed by atoms with van der Waals surface area (Å²) in [6, 6.07) is 9.02. The van der Waals surface area contributed by atoms with Crippen molar-refractivity contribution in [3.8, 4) is 0 Å². The molecule has 0 aliphatic carbocycles. The van der Waals surface area contributed by atoms with Gasteiger partial charge in [-0.3, -0.25) is 0 Å². The van der Waals surface area contributed by atoms with Gasteiger partial charge in [-0.2, -0.15) is 0 Å². The highest BCUT2D eigenvalue weighted by molar-refractivity contribution is 9.10. The lowest BCUT2D eigenvalue weighted by atomic mass is 10.1. The molecule has 0 radical (unpaired) electrons. The van der Waals surface area contributed by atoms with Crippen molar-refractivity contribution in [3.05, 3.63) is 28.7 Å². The fraction of sp³-hybridized carbons (Fsp3) is 0.600. The van der Waals surface area contributed by atoms with Gasteiger partial charge in [0, 0.05) is 22.7 Å². The maximum atomic E-state index is 3.68. The molecule has 0 spiro atoms. The number of rotatable bonds is 4. The topological polar surface area (TPSA) is 15.3 Å². The van der Waals surface area contributed by atoms with Crippen molar-refractivity contribution in [1.29, 1.82) is 0 Å². The Kier molecular flexibility index (Phi) is 5.51. The van der Waals surface area contributed by atoms with Gasteiger partial charge in [0.2, 0.25) is 0 Å². The Balaban J connectivity index is 1.89. The smallest absolute Gasteiger partial charge is 0.0486 e. The van der Waals surface area contributed by atoms with E-state index >= 15 is 0 Å². The summed E-state index contributed by atoms with van der Waals surface area (Å²) in [6.45, 7) is 6.02. The van der Waals surface area contributed by atoms with Gasteiger partial charge in [-0.15, -0.1) is 0 Å². The molecule has 1 aliphatic heterocycles. The van der Waals surface area contributed by atoms with E-state index < -0.39 is 0 Å². The highest BCUT2D eigenvalue weighted by Gasteiger charge is 2.16. The maximum absolute atomic E-state index is 3.68. The average molecular weight is 311 g/mol. The van der Waals surface area contributed by atoms with Gasteiger partial charge in [-0.25, -0.2) is 0 Å². The zero-order valence-corrected chi connectivity index (χ0v) is 12.7. The van der Waals surface area contributed by atoms with Crippen molar-refractivity contribution in [2.24, 2.45) is 0 Å². The van der Waals surface area contributed by atoms with Gasteiger partial charge in [-0.1, -0.05) is 19.1 Å². The van der Waals surface area contributed by atoms with Crippen LogP contribution >= 0.6 is 15.9 Å². The molecule has 0 aromatic heterocycles. The normalized spacial score (nSPS) is 21.6. The molecule has 2 nitrogen and oxygen atoms in total. The van der Waals surface area contributed by atoms with E-state index in [1.165, 1.54) is 55.5 Å². The summed E-state index contributed by atoms with van der Waals surface area (Å²) < 4.78 is 1.17. The molecular formula is C15H23BrN2. The van der Waals surface area contributed by atoms with E-state index in [4.69, 9.17) is 0 Å². The minimum atomic E-state index is 0.616. The Morgan fingerprint density at radius 1 is 1.28 bits per heavy atom. The van der Waals surface area contributed by atoms with Crippen molar-refractivity contribution in [3.63, 3.8) is 0 Å². The summed E-state index contributed by atoms with van der Waals surface area (Å²) in [6.07, 6.45) is 5.10. The fourth-order valence-corrected chi connectivity index (χ4v) is 3.04. The van der Waals surface area contributed by atoms with E-state index in [0.29, 0.717) is 6.04 Å². The van der Waals surface area contributed by atoms with Crippen LogP contribution in [0.15, 0.2) is 28.7 Å². The van der Waals surface area contributed by atoms with Gasteiger partial charge >= 0.3 is 0 Å². The Labute approximate surface area is 119 Å². The summed E-state index contributed by atoms with van der Waals surface area (Å²) in [5.41, 5.74) is 1.23. The Morgan fingerprint density at radius 2 is 2.11 bits per heavy atom. The van der Waals surface area contributed by atoms with Crippen molar-refractivity contribution in [1.82, 2.24) is 4.90 Å². The molecule has 1 aromatic rings. The molecule has 100 valence electrons. The summed E-state index contributed by atoms with van der Waals surface area (Å²) in [4.78, 5) is 2.60. The first kappa shape index (κ1) is 13.9. The van der Waals surface area contributed by atoms with Crippen molar-refractivity contribution in [2.75, 3.05) is 25.0 Å². The molecule has 1 aromatic carbocycles. The van der Waals surface area contributed by atoms with Crippen molar-refractivity contribution >= 4 is 21.6 Å². The highest BCUT2D eigenvalue weighted by Crippen LogP contribution is 2.24. The molecule has 18 heavy (non-hydrogen) atoms. The molecule has 1 N–H and O–H groups in total. The number of anilines is 1. The molecule has 1 atom stereocenters. The van der Waals surface area contributed by atoms with Crippen LogP contribution in [0.1, 0.15) is 32.6 Å². The monoisotopic (exact) mass is 310 g/mol. The van der Waals surface area contributed by atoms with Crippen LogP contribution in [-0.2, 0) is 0 Å². The average Bonchev–Trinajstić information content (AvgIpc) is 2.59. The summed E-state index contributed by atoms with van der Waals surface area (Å²) in [7, 11) is 0. The molecule has 1 heterocycles. The molecule has 0 amide bonds. The lowest BCUT2D eigenvalue weighted by Gasteiger charge is -2.20. The lowest BCUT2D eigenvalue weighted by molar-refractivity contribution is 0.285. The SMILES string of the molecule is CCCN1CCCC(Nc2ccccc2Br)CC1. The number of hydrogen-bond donors (Lipinski definition) is 1. The van der Waals surface area contributed by atoms with Gasteiger partial charge in [0.25, 0.3) is 0 Å². The maximum Gasteiger partial charge on any atom is 0.0486 e. The molecule has 1 saturated heterocycles. The Hall–Kier alpha value is -0.540. The van der Waals surface area contributed by atoms with E-state index in [-0.39, 0.29) is 0 Å². The molecule has 1 fully saturated rings. The third-order valence-electron chi connectivity index (χ3n) is 3.59. The van der Waals surface area contributed by atoms with E-state index in [1.54, 1.807) is 0 Å². The zero-order valence-electron chi connectivity index (χ0n) is 11.2. The minimum absolute atomic E-state index is 0.616. The first-order chi connectivity index (χ1) is 8.79. The minimum Gasteiger partial charge on any atom is -0.381 e. The summed E-state index contributed by atoms with van der Waals surface area (Å²) in [5.74, 6) is 0. The second-order valence-electron chi connectivity index (χ2n) is 5.09. The Morgan fingerprint density at radius 3 is 2.89 bits per heavy atom. The molecule has 0 bridgehead atoms. The third kappa shape index (κ3) is 3.99. The molecule has 2 rings (SSSR count). The largest absolute Gasteiger partial charge is 0.381 e. The van der Waals surface area contributed by atoms with Gasteiger partial charge < -0.3 is 10.2 Å². The standard InChI is InChI=1S/C15H23BrN2/c1-2-10-18-11-5-6-13(9-12-18)17-15-8-4-3-7-14(15)16/h3-4,7-8,13,17H,2,5-6,9-12H2,1H3. The van der Waals surface area contributed by atoms with Crippen LogP contribution in [0.2, 0.25) is 0 Å². The predicted molar refractivity (Wildman–Crippen MR) is 82.1 cm³/mol. The molecule has 1 aliphatic rings. The van der Waals surface area contributed by atoms with Crippen LogP contribution in [0, 0.1) is 0 Å². The fourth-order valence-electron chi connectivity index (χ4n) is 2.64. The number of likely N-dealkylation sites (tertiary alicyclic amines) is 1. The predicted octanol–water partition coefficient (Wildman–Crippen LogP) is 4.13. The Bertz CT molecular complexity index is 367. The quantitative estimate of drug-likeness (QED) is 0.899.